The van der Waals surface area contributed by atoms with Gasteiger partial charge in [0.05, 0.1) is 12.9 Å². The summed E-state index contributed by atoms with van der Waals surface area (Å²) in [6.07, 6.45) is 9.81. The van der Waals surface area contributed by atoms with Gasteiger partial charge in [-0.1, -0.05) is 0 Å². The van der Waals surface area contributed by atoms with Gasteiger partial charge in [0.2, 0.25) is 0 Å². The largest absolute Gasteiger partial charge is 0.491 e. The van der Waals surface area contributed by atoms with Crippen LogP contribution in [0.25, 0.3) is 17.1 Å². The Balaban J connectivity index is 1.43. The number of ether oxygens (including phenoxy) is 1. The highest BCUT2D eigenvalue weighted by Crippen LogP contribution is 2.23. The normalized spacial score (nSPS) is 12.0. The maximum atomic E-state index is 10.1. The van der Waals surface area contributed by atoms with Gasteiger partial charge in [0.15, 0.2) is 0 Å². The lowest BCUT2D eigenvalue weighted by atomic mass is 10.2. The van der Waals surface area contributed by atoms with Crippen LogP contribution in [0.2, 0.25) is 0 Å². The summed E-state index contributed by atoms with van der Waals surface area (Å²) in [5.74, 6) is 1.91. The first-order chi connectivity index (χ1) is 13.7. The molecule has 0 radical (unpaired) electrons. The summed E-state index contributed by atoms with van der Waals surface area (Å²) in [6, 6.07) is 11.3. The van der Waals surface area contributed by atoms with Crippen molar-refractivity contribution in [3.63, 3.8) is 0 Å². The van der Waals surface area contributed by atoms with Crippen molar-refractivity contribution < 1.29 is 9.84 Å². The fourth-order valence-electron chi connectivity index (χ4n) is 2.90. The van der Waals surface area contributed by atoms with Crippen LogP contribution in [-0.4, -0.2) is 41.9 Å². The maximum Gasteiger partial charge on any atom is 0.144 e. The number of nitrogen functional groups attached to an aromatic ring is 1. The lowest BCUT2D eigenvalue weighted by Crippen LogP contribution is -2.22. The molecule has 0 saturated carbocycles. The van der Waals surface area contributed by atoms with E-state index in [1.165, 1.54) is 0 Å². The number of nitrogens with zero attached hydrogens (tertiary/aromatic N) is 5. The Labute approximate surface area is 161 Å². The molecule has 0 aliphatic carbocycles. The molecule has 0 amide bonds. The Morgan fingerprint density at radius 3 is 2.64 bits per heavy atom. The molecule has 142 valence electrons. The third-order valence-corrected chi connectivity index (χ3v) is 4.22. The fourth-order valence-corrected chi connectivity index (χ4v) is 2.90. The molecule has 0 spiro atoms. The number of benzene rings is 1. The van der Waals surface area contributed by atoms with Crippen LogP contribution >= 0.6 is 0 Å². The van der Waals surface area contributed by atoms with Crippen LogP contribution in [0.3, 0.4) is 0 Å². The zero-order chi connectivity index (χ0) is 19.3. The highest BCUT2D eigenvalue weighted by Gasteiger charge is 2.10. The Morgan fingerprint density at radius 1 is 1.04 bits per heavy atom. The van der Waals surface area contributed by atoms with Gasteiger partial charge in [0.25, 0.3) is 0 Å². The maximum absolute atomic E-state index is 10.1. The molecule has 0 aliphatic rings. The van der Waals surface area contributed by atoms with Gasteiger partial charge < -0.3 is 20.1 Å². The Hall–Kier alpha value is -3.65. The van der Waals surface area contributed by atoms with Crippen molar-refractivity contribution in [2.75, 3.05) is 12.3 Å². The molecule has 3 N–H and O–H groups in total. The number of aliphatic hydroxyl groups excluding tert-OH is 1. The summed E-state index contributed by atoms with van der Waals surface area (Å²) in [4.78, 5) is 12.4. The summed E-state index contributed by atoms with van der Waals surface area (Å²) in [5.41, 5.74) is 7.61. The highest BCUT2D eigenvalue weighted by molar-refractivity contribution is 5.61. The van der Waals surface area contributed by atoms with E-state index in [0.29, 0.717) is 18.1 Å². The molecular formula is C20H20N6O2. The van der Waals surface area contributed by atoms with Crippen molar-refractivity contribution in [2.24, 2.45) is 0 Å². The highest BCUT2D eigenvalue weighted by atomic mass is 16.5. The van der Waals surface area contributed by atoms with Gasteiger partial charge in [-0.05, 0) is 36.4 Å². The minimum Gasteiger partial charge on any atom is -0.491 e. The van der Waals surface area contributed by atoms with Crippen molar-refractivity contribution in [3.05, 3.63) is 73.7 Å². The summed E-state index contributed by atoms with van der Waals surface area (Å²) < 4.78 is 9.46. The second kappa shape index (κ2) is 7.93. The SMILES string of the molecule is Nc1cc(-c2nccn2-c2ccc(OCC(O)Cn3ccnc3)cc2)ccn1. The number of rotatable bonds is 7. The molecule has 1 unspecified atom stereocenters. The number of imidazole rings is 2. The number of aromatic nitrogens is 5. The van der Waals surface area contributed by atoms with Gasteiger partial charge in [0.1, 0.15) is 30.1 Å². The van der Waals surface area contributed by atoms with Crippen LogP contribution in [0, 0.1) is 0 Å². The molecule has 3 aromatic heterocycles. The quantitative estimate of drug-likeness (QED) is 0.512. The Kier molecular flexibility index (Phi) is 5.03. The molecule has 1 atom stereocenters. The topological polar surface area (TPSA) is 104 Å². The lowest BCUT2D eigenvalue weighted by molar-refractivity contribution is 0.0925. The summed E-state index contributed by atoms with van der Waals surface area (Å²) in [6.45, 7) is 0.635. The second-order valence-electron chi connectivity index (χ2n) is 6.31. The zero-order valence-electron chi connectivity index (χ0n) is 15.1. The summed E-state index contributed by atoms with van der Waals surface area (Å²) in [5, 5.41) is 10.1. The molecule has 0 bridgehead atoms. The van der Waals surface area contributed by atoms with E-state index in [1.54, 1.807) is 37.2 Å². The van der Waals surface area contributed by atoms with E-state index >= 15 is 0 Å². The third-order valence-electron chi connectivity index (χ3n) is 4.22. The van der Waals surface area contributed by atoms with Crippen molar-refractivity contribution in [1.29, 1.82) is 0 Å². The van der Waals surface area contributed by atoms with Crippen molar-refractivity contribution in [3.8, 4) is 22.8 Å². The van der Waals surface area contributed by atoms with E-state index in [2.05, 4.69) is 15.0 Å². The standard InChI is InChI=1S/C20H20N6O2/c21-19-11-15(5-6-23-19)20-24-8-10-26(20)16-1-3-18(4-2-16)28-13-17(27)12-25-9-7-22-14-25/h1-11,14,17,27H,12-13H2,(H2,21,23). The summed E-state index contributed by atoms with van der Waals surface area (Å²) in [7, 11) is 0. The predicted octanol–water partition coefficient (Wildman–Crippen LogP) is 2.15. The van der Waals surface area contributed by atoms with E-state index in [4.69, 9.17) is 10.5 Å². The van der Waals surface area contributed by atoms with Gasteiger partial charge in [-0.15, -0.1) is 0 Å². The molecule has 28 heavy (non-hydrogen) atoms. The molecule has 4 aromatic rings. The minimum atomic E-state index is -0.619. The first-order valence-corrected chi connectivity index (χ1v) is 8.81. The van der Waals surface area contributed by atoms with Gasteiger partial charge in [0, 0.05) is 42.2 Å². The van der Waals surface area contributed by atoms with Crippen LogP contribution in [0.15, 0.2) is 73.7 Å². The number of hydrogen-bond donors (Lipinski definition) is 2. The van der Waals surface area contributed by atoms with E-state index < -0.39 is 6.10 Å². The van der Waals surface area contributed by atoms with Crippen LogP contribution in [-0.2, 0) is 6.54 Å². The number of aliphatic hydroxyl groups is 1. The third kappa shape index (κ3) is 4.02. The first kappa shape index (κ1) is 17.7. The van der Waals surface area contributed by atoms with Crippen LogP contribution in [0.4, 0.5) is 5.82 Å². The first-order valence-electron chi connectivity index (χ1n) is 8.81. The fraction of sp³-hybridized carbons (Fsp3) is 0.150. The van der Waals surface area contributed by atoms with Crippen molar-refractivity contribution in [2.45, 2.75) is 12.6 Å². The van der Waals surface area contributed by atoms with Gasteiger partial charge in [-0.3, -0.25) is 4.57 Å². The Morgan fingerprint density at radius 2 is 1.89 bits per heavy atom. The van der Waals surface area contributed by atoms with Crippen molar-refractivity contribution >= 4 is 5.82 Å². The lowest BCUT2D eigenvalue weighted by Gasteiger charge is -2.14. The van der Waals surface area contributed by atoms with E-state index in [0.717, 1.165) is 17.1 Å². The number of pyridine rings is 1. The van der Waals surface area contributed by atoms with E-state index in [1.807, 2.05) is 45.7 Å². The van der Waals surface area contributed by atoms with Gasteiger partial charge in [-0.2, -0.15) is 0 Å². The monoisotopic (exact) mass is 376 g/mol. The van der Waals surface area contributed by atoms with Crippen LogP contribution in [0.1, 0.15) is 0 Å². The molecule has 0 saturated heterocycles. The van der Waals surface area contributed by atoms with Crippen LogP contribution in [0.5, 0.6) is 5.75 Å². The van der Waals surface area contributed by atoms with E-state index in [9.17, 15) is 5.11 Å². The molecule has 8 heteroatoms. The van der Waals surface area contributed by atoms with Crippen LogP contribution < -0.4 is 10.5 Å². The van der Waals surface area contributed by atoms with Crippen molar-refractivity contribution in [1.82, 2.24) is 24.1 Å². The number of hydrogen-bond acceptors (Lipinski definition) is 6. The molecule has 4 rings (SSSR count). The average molecular weight is 376 g/mol. The summed E-state index contributed by atoms with van der Waals surface area (Å²) >= 11 is 0. The molecule has 0 fully saturated rings. The predicted molar refractivity (Wildman–Crippen MR) is 105 cm³/mol. The molecule has 8 nitrogen and oxygen atoms in total. The molecular weight excluding hydrogens is 356 g/mol. The number of nitrogens with two attached hydrogens (primary N) is 1. The average Bonchev–Trinajstić information content (AvgIpc) is 3.39. The zero-order valence-corrected chi connectivity index (χ0v) is 15.1. The molecule has 3 heterocycles. The smallest absolute Gasteiger partial charge is 0.144 e. The Bertz CT molecular complexity index is 1030. The molecule has 1 aromatic carbocycles. The minimum absolute atomic E-state index is 0.199. The van der Waals surface area contributed by atoms with E-state index in [-0.39, 0.29) is 6.61 Å². The van der Waals surface area contributed by atoms with Gasteiger partial charge >= 0.3 is 0 Å². The molecule has 0 aliphatic heterocycles. The number of anilines is 1. The van der Waals surface area contributed by atoms with Gasteiger partial charge in [-0.25, -0.2) is 15.0 Å². The second-order valence-corrected chi connectivity index (χ2v) is 6.31.